The van der Waals surface area contributed by atoms with Crippen molar-refractivity contribution in [2.24, 2.45) is 0 Å². The summed E-state index contributed by atoms with van der Waals surface area (Å²) in [6.07, 6.45) is 0.642. The number of rotatable bonds is 6. The van der Waals surface area contributed by atoms with Crippen LogP contribution in [0.5, 0.6) is 0 Å². The van der Waals surface area contributed by atoms with E-state index in [-0.39, 0.29) is 5.78 Å². The highest BCUT2D eigenvalue weighted by Gasteiger charge is 2.18. The Hall–Kier alpha value is -0.670. The molecule has 0 saturated carbocycles. The van der Waals surface area contributed by atoms with Gasteiger partial charge in [0, 0.05) is 29.9 Å². The number of ketones is 1. The molecule has 16 heavy (non-hydrogen) atoms. The second-order valence-electron chi connectivity index (χ2n) is 4.60. The van der Waals surface area contributed by atoms with Crippen LogP contribution in [0.1, 0.15) is 39.0 Å². The molecule has 1 unspecified atom stereocenters. The first-order valence-corrected chi connectivity index (χ1v) is 6.66. The van der Waals surface area contributed by atoms with Crippen LogP contribution in [0.4, 0.5) is 0 Å². The summed E-state index contributed by atoms with van der Waals surface area (Å²) in [6.45, 7) is 9.12. The van der Waals surface area contributed by atoms with Crippen LogP contribution in [-0.4, -0.2) is 22.8 Å². The minimum absolute atomic E-state index is 0.268. The number of nitrogens with zero attached hydrogens (tertiary/aromatic N) is 1. The van der Waals surface area contributed by atoms with Crippen molar-refractivity contribution in [2.45, 2.75) is 52.7 Å². The molecule has 90 valence electrons. The average Bonchev–Trinajstić information content (AvgIpc) is 2.64. The lowest BCUT2D eigenvalue weighted by atomic mass is 10.1. The lowest BCUT2D eigenvalue weighted by molar-refractivity contribution is -0.118. The lowest BCUT2D eigenvalue weighted by Gasteiger charge is -2.31. The number of Topliss-reactive ketones (excluding diaryl/α,β-unsaturated/α-hetero) is 1. The molecule has 1 heterocycles. The van der Waals surface area contributed by atoms with Gasteiger partial charge in [-0.2, -0.15) is 0 Å². The van der Waals surface area contributed by atoms with Crippen molar-refractivity contribution in [1.29, 1.82) is 0 Å². The monoisotopic (exact) mass is 239 g/mol. The molecule has 1 aromatic heterocycles. The predicted octanol–water partition coefficient (Wildman–Crippen LogP) is 3.33. The molecule has 0 aliphatic heterocycles. The van der Waals surface area contributed by atoms with E-state index >= 15 is 0 Å². The van der Waals surface area contributed by atoms with Crippen molar-refractivity contribution in [3.05, 3.63) is 22.4 Å². The topological polar surface area (TPSA) is 20.3 Å². The summed E-state index contributed by atoms with van der Waals surface area (Å²) in [5.41, 5.74) is 0. The summed E-state index contributed by atoms with van der Waals surface area (Å²) in [5, 5.41) is 2.10. The number of hydrogen-bond acceptors (Lipinski definition) is 3. The third-order valence-corrected chi connectivity index (χ3v) is 3.59. The van der Waals surface area contributed by atoms with E-state index in [0.717, 1.165) is 6.54 Å². The summed E-state index contributed by atoms with van der Waals surface area (Å²) in [4.78, 5) is 14.9. The summed E-state index contributed by atoms with van der Waals surface area (Å²) in [6, 6.07) is 5.02. The van der Waals surface area contributed by atoms with E-state index in [2.05, 4.69) is 43.2 Å². The van der Waals surface area contributed by atoms with Crippen molar-refractivity contribution in [3.8, 4) is 0 Å². The Labute approximate surface area is 102 Å². The van der Waals surface area contributed by atoms with Gasteiger partial charge in [-0.05, 0) is 39.1 Å². The maximum atomic E-state index is 11.2. The van der Waals surface area contributed by atoms with Gasteiger partial charge in [-0.15, -0.1) is 11.3 Å². The van der Waals surface area contributed by atoms with Crippen LogP contribution >= 0.6 is 11.3 Å². The van der Waals surface area contributed by atoms with E-state index in [9.17, 15) is 4.79 Å². The molecular formula is C13H21NOS. The van der Waals surface area contributed by atoms with Crippen LogP contribution in [0, 0.1) is 0 Å². The number of hydrogen-bond donors (Lipinski definition) is 0. The first-order valence-electron chi connectivity index (χ1n) is 5.78. The molecule has 1 atom stereocenters. The quantitative estimate of drug-likeness (QED) is 0.759. The van der Waals surface area contributed by atoms with Gasteiger partial charge >= 0.3 is 0 Å². The van der Waals surface area contributed by atoms with Crippen LogP contribution in [0.2, 0.25) is 0 Å². The molecule has 0 radical (unpaired) electrons. The highest BCUT2D eigenvalue weighted by atomic mass is 32.1. The second-order valence-corrected chi connectivity index (χ2v) is 5.63. The molecule has 0 spiro atoms. The Kier molecular flexibility index (Phi) is 5.16. The van der Waals surface area contributed by atoms with Crippen LogP contribution in [0.3, 0.4) is 0 Å². The minimum atomic E-state index is 0.268. The molecule has 0 aliphatic carbocycles. The lowest BCUT2D eigenvalue weighted by Crippen LogP contribution is -2.38. The van der Waals surface area contributed by atoms with Crippen molar-refractivity contribution < 1.29 is 4.79 Å². The molecule has 0 aromatic carbocycles. The Bertz CT molecular complexity index is 319. The molecule has 0 aliphatic rings. The SMILES string of the molecule is CC(=O)CC(C)N(Cc1cccs1)C(C)C. The third-order valence-electron chi connectivity index (χ3n) is 2.73. The molecule has 1 aromatic rings. The van der Waals surface area contributed by atoms with Gasteiger partial charge < -0.3 is 0 Å². The zero-order valence-corrected chi connectivity index (χ0v) is 11.4. The molecule has 0 N–H and O–H groups in total. The summed E-state index contributed by atoms with van der Waals surface area (Å²) >= 11 is 1.78. The molecule has 0 amide bonds. The molecular weight excluding hydrogens is 218 g/mol. The Morgan fingerprint density at radius 3 is 2.56 bits per heavy atom. The summed E-state index contributed by atoms with van der Waals surface area (Å²) in [7, 11) is 0. The molecule has 2 nitrogen and oxygen atoms in total. The smallest absolute Gasteiger partial charge is 0.131 e. The Morgan fingerprint density at radius 2 is 2.12 bits per heavy atom. The maximum Gasteiger partial charge on any atom is 0.131 e. The van der Waals surface area contributed by atoms with Gasteiger partial charge in [0.05, 0.1) is 0 Å². The highest BCUT2D eigenvalue weighted by molar-refractivity contribution is 7.09. The van der Waals surface area contributed by atoms with E-state index in [0.29, 0.717) is 18.5 Å². The van der Waals surface area contributed by atoms with E-state index < -0.39 is 0 Å². The van der Waals surface area contributed by atoms with Gasteiger partial charge in [0.15, 0.2) is 0 Å². The van der Waals surface area contributed by atoms with Gasteiger partial charge in [0.2, 0.25) is 0 Å². The minimum Gasteiger partial charge on any atom is -0.300 e. The van der Waals surface area contributed by atoms with E-state index in [1.807, 2.05) is 0 Å². The van der Waals surface area contributed by atoms with E-state index in [4.69, 9.17) is 0 Å². The summed E-state index contributed by atoms with van der Waals surface area (Å²) < 4.78 is 0. The molecule has 3 heteroatoms. The number of thiophene rings is 1. The second kappa shape index (κ2) is 6.16. The van der Waals surface area contributed by atoms with Gasteiger partial charge in [-0.25, -0.2) is 0 Å². The van der Waals surface area contributed by atoms with Gasteiger partial charge in [-0.3, -0.25) is 9.69 Å². The van der Waals surface area contributed by atoms with Gasteiger partial charge in [0.25, 0.3) is 0 Å². The Balaban J connectivity index is 2.63. The van der Waals surface area contributed by atoms with Crippen LogP contribution in [0.25, 0.3) is 0 Å². The normalized spacial score (nSPS) is 13.4. The predicted molar refractivity (Wildman–Crippen MR) is 69.8 cm³/mol. The number of carbonyl (C=O) groups excluding carboxylic acids is 1. The third kappa shape index (κ3) is 4.06. The fourth-order valence-electron chi connectivity index (χ4n) is 1.96. The summed E-state index contributed by atoms with van der Waals surface area (Å²) in [5.74, 6) is 0.268. The molecule has 1 rings (SSSR count). The van der Waals surface area contributed by atoms with Gasteiger partial charge in [-0.1, -0.05) is 6.07 Å². The fourth-order valence-corrected chi connectivity index (χ4v) is 2.68. The molecule has 0 saturated heterocycles. The van der Waals surface area contributed by atoms with Crippen molar-refractivity contribution in [3.63, 3.8) is 0 Å². The number of carbonyl (C=O) groups is 1. The van der Waals surface area contributed by atoms with Gasteiger partial charge in [0.1, 0.15) is 5.78 Å². The molecule has 0 fully saturated rings. The largest absolute Gasteiger partial charge is 0.300 e. The zero-order valence-electron chi connectivity index (χ0n) is 10.6. The Morgan fingerprint density at radius 1 is 1.44 bits per heavy atom. The van der Waals surface area contributed by atoms with Crippen LogP contribution in [-0.2, 0) is 11.3 Å². The van der Waals surface area contributed by atoms with Crippen LogP contribution in [0.15, 0.2) is 17.5 Å². The zero-order chi connectivity index (χ0) is 12.1. The average molecular weight is 239 g/mol. The van der Waals surface area contributed by atoms with E-state index in [1.54, 1.807) is 18.3 Å². The fraction of sp³-hybridized carbons (Fsp3) is 0.615. The molecule has 0 bridgehead atoms. The highest BCUT2D eigenvalue weighted by Crippen LogP contribution is 2.17. The first-order chi connectivity index (χ1) is 7.50. The van der Waals surface area contributed by atoms with Crippen molar-refractivity contribution >= 4 is 17.1 Å². The maximum absolute atomic E-state index is 11.2. The van der Waals surface area contributed by atoms with Crippen molar-refractivity contribution in [1.82, 2.24) is 4.90 Å². The van der Waals surface area contributed by atoms with E-state index in [1.165, 1.54) is 4.88 Å². The van der Waals surface area contributed by atoms with Crippen molar-refractivity contribution in [2.75, 3.05) is 0 Å². The standard InChI is InChI=1S/C13H21NOS/c1-10(2)14(11(3)8-12(4)15)9-13-6-5-7-16-13/h5-7,10-11H,8-9H2,1-4H3. The van der Waals surface area contributed by atoms with Crippen LogP contribution < -0.4 is 0 Å². The first kappa shape index (κ1) is 13.4.